The highest BCUT2D eigenvalue weighted by Crippen LogP contribution is 1.89. The molecule has 0 atom stereocenters. The van der Waals surface area contributed by atoms with Gasteiger partial charge in [0.1, 0.15) is 0 Å². The summed E-state index contributed by atoms with van der Waals surface area (Å²) in [6, 6.07) is 3.90. The van der Waals surface area contributed by atoms with E-state index in [2.05, 4.69) is 6.58 Å². The highest BCUT2D eigenvalue weighted by molar-refractivity contribution is 5.15. The van der Waals surface area contributed by atoms with Gasteiger partial charge in [-0.1, -0.05) is 19.6 Å². The number of hydrogen-bond acceptors (Lipinski definition) is 2. The fourth-order valence-corrected chi connectivity index (χ4v) is 0.144. The first-order chi connectivity index (χ1) is 5.62. The zero-order valence-electron chi connectivity index (χ0n) is 7.89. The molecule has 0 aromatic carbocycles. The number of nitriles is 2. The van der Waals surface area contributed by atoms with Crippen LogP contribution in [0, 0.1) is 22.7 Å². The lowest BCUT2D eigenvalue weighted by Gasteiger charge is -1.76. The summed E-state index contributed by atoms with van der Waals surface area (Å²) in [5, 5.41) is 16.0. The summed E-state index contributed by atoms with van der Waals surface area (Å²) in [5.74, 6) is 0. The minimum atomic E-state index is 0.648. The van der Waals surface area contributed by atoms with Crippen molar-refractivity contribution in [2.24, 2.45) is 0 Å². The van der Waals surface area contributed by atoms with Gasteiger partial charge in [-0.25, -0.2) is 0 Å². The summed E-state index contributed by atoms with van der Waals surface area (Å²) in [6.07, 6.45) is 2.55. The lowest BCUT2D eigenvalue weighted by molar-refractivity contribution is 1.16. The molecule has 0 heterocycles. The van der Waals surface area contributed by atoms with E-state index in [1.807, 2.05) is 26.0 Å². The van der Waals surface area contributed by atoms with Gasteiger partial charge in [0.05, 0.1) is 12.1 Å². The number of rotatable bonds is 1. The first-order valence-electron chi connectivity index (χ1n) is 3.73. The molecule has 0 rings (SSSR count). The standard InChI is InChI=1S/2C5H7N/c2*1-3-5(2)4-6/h3H,1-2H3;2-3H2,1H3/b5-3+;. The third-order valence-corrected chi connectivity index (χ3v) is 1.19. The van der Waals surface area contributed by atoms with Crippen LogP contribution in [0.25, 0.3) is 0 Å². The molecule has 12 heavy (non-hydrogen) atoms. The average Bonchev–Trinajstić information content (AvgIpc) is 2.16. The quantitative estimate of drug-likeness (QED) is 0.556. The van der Waals surface area contributed by atoms with Crippen molar-refractivity contribution in [3.63, 3.8) is 0 Å². The van der Waals surface area contributed by atoms with E-state index in [1.165, 1.54) is 0 Å². The van der Waals surface area contributed by atoms with E-state index >= 15 is 0 Å². The fourth-order valence-electron chi connectivity index (χ4n) is 0.144. The molecule has 0 aliphatic heterocycles. The van der Waals surface area contributed by atoms with Crippen LogP contribution in [-0.2, 0) is 0 Å². The van der Waals surface area contributed by atoms with Gasteiger partial charge in [0.15, 0.2) is 0 Å². The summed E-state index contributed by atoms with van der Waals surface area (Å²) in [4.78, 5) is 0. The van der Waals surface area contributed by atoms with Crippen LogP contribution in [0.5, 0.6) is 0 Å². The smallest absolute Gasteiger partial charge is 0.0940 e. The molecule has 0 bridgehead atoms. The van der Waals surface area contributed by atoms with Crippen molar-refractivity contribution in [1.29, 1.82) is 10.5 Å². The van der Waals surface area contributed by atoms with Crippen LogP contribution in [0.3, 0.4) is 0 Å². The Morgan fingerprint density at radius 3 is 1.92 bits per heavy atom. The molecule has 0 amide bonds. The molecule has 0 fully saturated rings. The van der Waals surface area contributed by atoms with Crippen LogP contribution >= 0.6 is 0 Å². The van der Waals surface area contributed by atoms with Gasteiger partial charge in [-0.2, -0.15) is 10.5 Å². The number of allylic oxidation sites excluding steroid dienone is 3. The fraction of sp³-hybridized carbons (Fsp3) is 0.400. The van der Waals surface area contributed by atoms with E-state index in [4.69, 9.17) is 10.5 Å². The van der Waals surface area contributed by atoms with E-state index in [1.54, 1.807) is 13.0 Å². The van der Waals surface area contributed by atoms with Crippen molar-refractivity contribution in [2.45, 2.75) is 27.2 Å². The molecule has 64 valence electrons. The van der Waals surface area contributed by atoms with Crippen LogP contribution in [-0.4, -0.2) is 0 Å². The van der Waals surface area contributed by atoms with Crippen molar-refractivity contribution in [3.8, 4) is 12.1 Å². The number of hydrogen-bond donors (Lipinski definition) is 0. The third kappa shape index (κ3) is 11.3. The Labute approximate surface area is 74.4 Å². The molecule has 0 aliphatic carbocycles. The minimum Gasteiger partial charge on any atom is -0.193 e. The molecule has 0 N–H and O–H groups in total. The molecule has 0 saturated heterocycles. The van der Waals surface area contributed by atoms with E-state index in [-0.39, 0.29) is 0 Å². The maximum Gasteiger partial charge on any atom is 0.0940 e. The highest BCUT2D eigenvalue weighted by atomic mass is 14.2. The average molecular weight is 162 g/mol. The normalized spacial score (nSPS) is 8.58. The zero-order valence-corrected chi connectivity index (χ0v) is 7.89. The zero-order chi connectivity index (χ0) is 9.98. The molecule has 0 unspecified atom stereocenters. The van der Waals surface area contributed by atoms with E-state index in [0.717, 1.165) is 12.0 Å². The van der Waals surface area contributed by atoms with Crippen LogP contribution in [0.1, 0.15) is 27.2 Å². The van der Waals surface area contributed by atoms with Crippen LogP contribution in [0.4, 0.5) is 0 Å². The van der Waals surface area contributed by atoms with E-state index in [9.17, 15) is 0 Å². The first kappa shape index (κ1) is 13.1. The predicted octanol–water partition coefficient (Wildman–Crippen LogP) is 2.95. The number of nitrogens with zero attached hydrogens (tertiary/aromatic N) is 2. The second-order valence-corrected chi connectivity index (χ2v) is 2.15. The molecule has 0 aliphatic rings. The molecular formula is C10H14N2. The third-order valence-electron chi connectivity index (χ3n) is 1.19. The van der Waals surface area contributed by atoms with Crippen LogP contribution in [0.15, 0.2) is 23.8 Å². The maximum absolute atomic E-state index is 8.02. The summed E-state index contributed by atoms with van der Waals surface area (Å²) in [7, 11) is 0. The Bertz CT molecular complexity index is 236. The van der Waals surface area contributed by atoms with Crippen LogP contribution in [0.2, 0.25) is 0 Å². The van der Waals surface area contributed by atoms with Crippen molar-refractivity contribution in [1.82, 2.24) is 0 Å². The summed E-state index contributed by atoms with van der Waals surface area (Å²) < 4.78 is 0. The molecule has 2 heteroatoms. The van der Waals surface area contributed by atoms with Gasteiger partial charge in [-0.3, -0.25) is 0 Å². The van der Waals surface area contributed by atoms with Crippen molar-refractivity contribution >= 4 is 0 Å². The Kier molecular flexibility index (Phi) is 10.3. The highest BCUT2D eigenvalue weighted by Gasteiger charge is 1.77. The lowest BCUT2D eigenvalue weighted by atomic mass is 10.3. The molecule has 0 aromatic rings. The van der Waals surface area contributed by atoms with Gasteiger partial charge in [-0.15, -0.1) is 0 Å². The van der Waals surface area contributed by atoms with Gasteiger partial charge in [0, 0.05) is 11.1 Å². The van der Waals surface area contributed by atoms with Crippen molar-refractivity contribution in [3.05, 3.63) is 23.8 Å². The second kappa shape index (κ2) is 9.46. The van der Waals surface area contributed by atoms with E-state index < -0.39 is 0 Å². The molecular weight excluding hydrogens is 148 g/mol. The van der Waals surface area contributed by atoms with Gasteiger partial charge in [0.2, 0.25) is 0 Å². The SMILES string of the molecule is C/C=C(\C)C#N.C=C(C#N)CC. The monoisotopic (exact) mass is 162 g/mol. The summed E-state index contributed by atoms with van der Waals surface area (Å²) >= 11 is 0. The topological polar surface area (TPSA) is 47.6 Å². The van der Waals surface area contributed by atoms with Crippen molar-refractivity contribution < 1.29 is 0 Å². The molecule has 0 spiro atoms. The van der Waals surface area contributed by atoms with Gasteiger partial charge in [-0.05, 0) is 20.3 Å². The minimum absolute atomic E-state index is 0.648. The Balaban J connectivity index is 0. The Morgan fingerprint density at radius 2 is 1.92 bits per heavy atom. The second-order valence-electron chi connectivity index (χ2n) is 2.15. The summed E-state index contributed by atoms with van der Waals surface area (Å²) in [6.45, 7) is 8.96. The van der Waals surface area contributed by atoms with Crippen molar-refractivity contribution in [2.75, 3.05) is 0 Å². The Morgan fingerprint density at radius 1 is 1.42 bits per heavy atom. The largest absolute Gasteiger partial charge is 0.193 e. The summed E-state index contributed by atoms with van der Waals surface area (Å²) in [5.41, 5.74) is 1.42. The Hall–Kier alpha value is -1.54. The maximum atomic E-state index is 8.02. The van der Waals surface area contributed by atoms with Gasteiger partial charge < -0.3 is 0 Å². The molecule has 0 aromatic heterocycles. The van der Waals surface area contributed by atoms with E-state index in [0.29, 0.717) is 5.57 Å². The predicted molar refractivity (Wildman–Crippen MR) is 50.1 cm³/mol. The molecule has 2 nitrogen and oxygen atoms in total. The van der Waals surface area contributed by atoms with Gasteiger partial charge >= 0.3 is 0 Å². The van der Waals surface area contributed by atoms with Crippen LogP contribution < -0.4 is 0 Å². The molecule has 0 radical (unpaired) electrons. The molecule has 0 saturated carbocycles. The van der Waals surface area contributed by atoms with Gasteiger partial charge in [0.25, 0.3) is 0 Å². The lowest BCUT2D eigenvalue weighted by Crippen LogP contribution is -1.64. The first-order valence-corrected chi connectivity index (χ1v) is 3.73.